The molecule has 0 aromatic carbocycles. The lowest BCUT2D eigenvalue weighted by atomic mass is 10.3. The Hall–Kier alpha value is -1.86. The third kappa shape index (κ3) is 5.87. The first kappa shape index (κ1) is 16.5. The fraction of sp³-hybridized carbons (Fsp3) is 0.357. The summed E-state index contributed by atoms with van der Waals surface area (Å²) in [7, 11) is 0. The van der Waals surface area contributed by atoms with Gasteiger partial charge in [0.2, 0.25) is 5.88 Å². The van der Waals surface area contributed by atoms with Gasteiger partial charge in [0.05, 0.1) is 22.3 Å². The quantitative estimate of drug-likeness (QED) is 0.759. The van der Waals surface area contributed by atoms with Crippen LogP contribution in [0, 0.1) is 6.92 Å². The van der Waals surface area contributed by atoms with E-state index in [2.05, 4.69) is 20.6 Å². The number of carbonyl (C=O) groups is 1. The number of thiazole rings is 1. The Bertz CT molecular complexity index is 603. The van der Waals surface area contributed by atoms with Crippen molar-refractivity contribution >= 4 is 29.0 Å². The van der Waals surface area contributed by atoms with Crippen molar-refractivity contribution < 1.29 is 9.53 Å². The van der Waals surface area contributed by atoms with Gasteiger partial charge in [0.15, 0.2) is 0 Å². The van der Waals surface area contributed by atoms with Crippen LogP contribution in [0.15, 0.2) is 23.7 Å². The summed E-state index contributed by atoms with van der Waals surface area (Å²) in [6, 6.07) is 3.15. The number of carbonyl (C=O) groups excluding carboxylic acids is 1. The molecule has 2 N–H and O–H groups in total. The number of amides is 2. The highest BCUT2D eigenvalue weighted by atomic mass is 35.5. The van der Waals surface area contributed by atoms with Crippen molar-refractivity contribution in [2.75, 3.05) is 19.7 Å². The average molecular weight is 341 g/mol. The molecule has 22 heavy (non-hydrogen) atoms. The van der Waals surface area contributed by atoms with Crippen molar-refractivity contribution in [3.05, 3.63) is 39.4 Å². The van der Waals surface area contributed by atoms with Gasteiger partial charge in [0.1, 0.15) is 6.61 Å². The Kier molecular flexibility index (Phi) is 6.42. The van der Waals surface area contributed by atoms with Crippen molar-refractivity contribution in [3.63, 3.8) is 0 Å². The van der Waals surface area contributed by atoms with Gasteiger partial charge in [-0.25, -0.2) is 14.8 Å². The second-order valence-corrected chi connectivity index (χ2v) is 5.95. The summed E-state index contributed by atoms with van der Waals surface area (Å²) < 4.78 is 5.37. The predicted octanol–water partition coefficient (Wildman–Crippen LogP) is 2.42. The zero-order valence-corrected chi connectivity index (χ0v) is 13.7. The molecule has 0 saturated heterocycles. The number of hydrogen-bond donors (Lipinski definition) is 2. The van der Waals surface area contributed by atoms with E-state index >= 15 is 0 Å². The topological polar surface area (TPSA) is 76.1 Å². The largest absolute Gasteiger partial charge is 0.476 e. The first-order chi connectivity index (χ1) is 10.6. The maximum Gasteiger partial charge on any atom is 0.314 e. The second-order valence-electron chi connectivity index (χ2n) is 4.45. The van der Waals surface area contributed by atoms with Crippen molar-refractivity contribution in [1.82, 2.24) is 20.6 Å². The molecule has 2 heterocycles. The number of halogens is 1. The zero-order valence-electron chi connectivity index (χ0n) is 12.1. The summed E-state index contributed by atoms with van der Waals surface area (Å²) >= 11 is 7.33. The van der Waals surface area contributed by atoms with E-state index in [1.54, 1.807) is 23.5 Å². The molecule has 2 aromatic heterocycles. The van der Waals surface area contributed by atoms with Gasteiger partial charge in [0.25, 0.3) is 0 Å². The van der Waals surface area contributed by atoms with E-state index in [1.807, 2.05) is 12.3 Å². The standard InChI is InChI=1S/C14H17ClN4O2S/c1-10-19-12(9-22-10)4-5-16-14(20)17-6-7-21-13-3-2-11(15)8-18-13/h2-3,8-9H,4-7H2,1H3,(H2,16,17,20). The molecule has 118 valence electrons. The van der Waals surface area contributed by atoms with Crippen LogP contribution >= 0.6 is 22.9 Å². The van der Waals surface area contributed by atoms with Crippen LogP contribution < -0.4 is 15.4 Å². The molecule has 0 fully saturated rings. The van der Waals surface area contributed by atoms with Gasteiger partial charge in [-0.2, -0.15) is 0 Å². The van der Waals surface area contributed by atoms with E-state index in [4.69, 9.17) is 16.3 Å². The molecule has 0 aliphatic carbocycles. The summed E-state index contributed by atoms with van der Waals surface area (Å²) in [6.45, 7) is 3.25. The van der Waals surface area contributed by atoms with Crippen LogP contribution in [0.1, 0.15) is 10.7 Å². The van der Waals surface area contributed by atoms with Crippen molar-refractivity contribution in [2.45, 2.75) is 13.3 Å². The summed E-state index contributed by atoms with van der Waals surface area (Å²) in [5.41, 5.74) is 1.000. The van der Waals surface area contributed by atoms with Gasteiger partial charge in [0, 0.05) is 30.6 Å². The highest BCUT2D eigenvalue weighted by molar-refractivity contribution is 7.09. The fourth-order valence-corrected chi connectivity index (χ4v) is 2.42. The van der Waals surface area contributed by atoms with E-state index in [-0.39, 0.29) is 6.03 Å². The SMILES string of the molecule is Cc1nc(CCNC(=O)NCCOc2ccc(Cl)cn2)cs1. The number of hydrogen-bond acceptors (Lipinski definition) is 5. The van der Waals surface area contributed by atoms with Crippen LogP contribution in [0.4, 0.5) is 4.79 Å². The molecule has 0 atom stereocenters. The van der Waals surface area contributed by atoms with Crippen LogP contribution in [0.2, 0.25) is 5.02 Å². The Morgan fingerprint density at radius 1 is 1.36 bits per heavy atom. The highest BCUT2D eigenvalue weighted by Crippen LogP contribution is 2.11. The van der Waals surface area contributed by atoms with Crippen molar-refractivity contribution in [3.8, 4) is 5.88 Å². The lowest BCUT2D eigenvalue weighted by molar-refractivity contribution is 0.236. The molecule has 6 nitrogen and oxygen atoms in total. The average Bonchev–Trinajstić information content (AvgIpc) is 2.91. The van der Waals surface area contributed by atoms with Gasteiger partial charge in [-0.05, 0) is 13.0 Å². The lowest BCUT2D eigenvalue weighted by Crippen LogP contribution is -2.38. The molecule has 0 aliphatic rings. The number of pyridine rings is 1. The first-order valence-electron chi connectivity index (χ1n) is 6.80. The Labute approximate surface area is 137 Å². The molecular weight excluding hydrogens is 324 g/mol. The predicted molar refractivity (Wildman–Crippen MR) is 86.7 cm³/mol. The maximum atomic E-state index is 11.6. The van der Waals surface area contributed by atoms with E-state index < -0.39 is 0 Å². The molecule has 2 aromatic rings. The molecular formula is C14H17ClN4O2S. The minimum Gasteiger partial charge on any atom is -0.476 e. The summed E-state index contributed by atoms with van der Waals surface area (Å²) in [4.78, 5) is 19.9. The minimum atomic E-state index is -0.223. The van der Waals surface area contributed by atoms with Gasteiger partial charge in [-0.15, -0.1) is 11.3 Å². The smallest absolute Gasteiger partial charge is 0.314 e. The van der Waals surface area contributed by atoms with Gasteiger partial charge >= 0.3 is 6.03 Å². The number of nitrogens with zero attached hydrogens (tertiary/aromatic N) is 2. The molecule has 0 saturated carbocycles. The fourth-order valence-electron chi connectivity index (χ4n) is 1.66. The molecule has 0 bridgehead atoms. The first-order valence-corrected chi connectivity index (χ1v) is 8.06. The molecule has 0 radical (unpaired) electrons. The molecule has 2 rings (SSSR count). The summed E-state index contributed by atoms with van der Waals surface area (Å²) in [6.07, 6.45) is 2.24. The molecule has 2 amide bonds. The Balaban J connectivity index is 1.55. The third-order valence-electron chi connectivity index (χ3n) is 2.67. The molecule has 8 heteroatoms. The third-order valence-corrected chi connectivity index (χ3v) is 3.72. The van der Waals surface area contributed by atoms with Gasteiger partial charge < -0.3 is 15.4 Å². The van der Waals surface area contributed by atoms with Crippen LogP contribution in [0.3, 0.4) is 0 Å². The van der Waals surface area contributed by atoms with E-state index in [0.29, 0.717) is 30.6 Å². The van der Waals surface area contributed by atoms with Gasteiger partial charge in [-0.1, -0.05) is 11.6 Å². The van der Waals surface area contributed by atoms with Crippen LogP contribution in [0.5, 0.6) is 5.88 Å². The highest BCUT2D eigenvalue weighted by Gasteiger charge is 2.02. The van der Waals surface area contributed by atoms with Crippen molar-refractivity contribution in [1.29, 1.82) is 0 Å². The van der Waals surface area contributed by atoms with Crippen LogP contribution in [0.25, 0.3) is 0 Å². The van der Waals surface area contributed by atoms with Gasteiger partial charge in [-0.3, -0.25) is 0 Å². The van der Waals surface area contributed by atoms with E-state index in [9.17, 15) is 4.79 Å². The van der Waals surface area contributed by atoms with Crippen LogP contribution in [-0.2, 0) is 6.42 Å². The van der Waals surface area contributed by atoms with E-state index in [1.165, 1.54) is 6.20 Å². The number of rotatable bonds is 7. The number of nitrogens with one attached hydrogen (secondary N) is 2. The minimum absolute atomic E-state index is 0.223. The van der Waals surface area contributed by atoms with Crippen LogP contribution in [-0.4, -0.2) is 35.7 Å². The monoisotopic (exact) mass is 340 g/mol. The number of aromatic nitrogens is 2. The lowest BCUT2D eigenvalue weighted by Gasteiger charge is -2.08. The number of aryl methyl sites for hydroxylation is 1. The number of urea groups is 1. The molecule has 0 aliphatic heterocycles. The van der Waals surface area contributed by atoms with E-state index in [0.717, 1.165) is 17.1 Å². The summed E-state index contributed by atoms with van der Waals surface area (Å²) in [5, 5.41) is 9.07. The molecule has 0 spiro atoms. The number of ether oxygens (including phenoxy) is 1. The second kappa shape index (κ2) is 8.55. The Morgan fingerprint density at radius 3 is 2.86 bits per heavy atom. The zero-order chi connectivity index (χ0) is 15.8. The summed E-state index contributed by atoms with van der Waals surface area (Å²) in [5.74, 6) is 0.477. The normalized spacial score (nSPS) is 10.3. The molecule has 0 unspecified atom stereocenters. The van der Waals surface area contributed by atoms with Crippen molar-refractivity contribution in [2.24, 2.45) is 0 Å². The Morgan fingerprint density at radius 2 is 2.18 bits per heavy atom. The maximum absolute atomic E-state index is 11.6.